The van der Waals surface area contributed by atoms with Gasteiger partial charge in [-0.1, -0.05) is 6.07 Å². The highest BCUT2D eigenvalue weighted by Gasteiger charge is 2.09. The highest BCUT2D eigenvalue weighted by molar-refractivity contribution is 9.10. The lowest BCUT2D eigenvalue weighted by Crippen LogP contribution is -2.28. The Labute approximate surface area is 102 Å². The van der Waals surface area contributed by atoms with Gasteiger partial charge in [0, 0.05) is 6.54 Å². The van der Waals surface area contributed by atoms with E-state index in [0.717, 1.165) is 0 Å². The topological polar surface area (TPSA) is 55.4 Å². The SMILES string of the molecule is CCNC(=O)COc1c(Br)cccc1C=O. The maximum absolute atomic E-state index is 11.2. The standard InChI is InChI=1S/C11H12BrNO3/c1-2-13-10(15)7-16-11-8(6-14)4-3-5-9(11)12/h3-6H,2,7H2,1H3,(H,13,15). The van der Waals surface area contributed by atoms with E-state index in [1.165, 1.54) is 0 Å². The number of halogens is 1. The first-order valence-electron chi connectivity index (χ1n) is 4.82. The first-order chi connectivity index (χ1) is 7.69. The molecule has 1 N–H and O–H groups in total. The number of para-hydroxylation sites is 1. The number of hydrogen-bond acceptors (Lipinski definition) is 3. The lowest BCUT2D eigenvalue weighted by Gasteiger charge is -2.09. The molecule has 0 radical (unpaired) electrons. The van der Waals surface area contributed by atoms with Gasteiger partial charge >= 0.3 is 0 Å². The molecule has 0 saturated carbocycles. The van der Waals surface area contributed by atoms with Crippen molar-refractivity contribution in [2.24, 2.45) is 0 Å². The molecule has 0 unspecified atom stereocenters. The minimum Gasteiger partial charge on any atom is -0.482 e. The lowest BCUT2D eigenvalue weighted by atomic mass is 10.2. The molecule has 5 heteroatoms. The third kappa shape index (κ3) is 3.34. The van der Waals surface area contributed by atoms with Gasteiger partial charge in [0.15, 0.2) is 12.9 Å². The molecule has 1 aromatic rings. The van der Waals surface area contributed by atoms with Gasteiger partial charge in [-0.05, 0) is 35.0 Å². The van der Waals surface area contributed by atoms with E-state index < -0.39 is 0 Å². The summed E-state index contributed by atoms with van der Waals surface area (Å²) in [5.74, 6) is 0.179. The Morgan fingerprint density at radius 3 is 2.94 bits per heavy atom. The maximum Gasteiger partial charge on any atom is 0.257 e. The van der Waals surface area contributed by atoms with Crippen molar-refractivity contribution >= 4 is 28.1 Å². The van der Waals surface area contributed by atoms with Gasteiger partial charge in [0.2, 0.25) is 0 Å². The lowest BCUT2D eigenvalue weighted by molar-refractivity contribution is -0.123. The van der Waals surface area contributed by atoms with Gasteiger partial charge in [0.1, 0.15) is 5.75 Å². The molecule has 1 aromatic carbocycles. The fourth-order valence-electron chi connectivity index (χ4n) is 1.16. The minimum absolute atomic E-state index is 0.0999. The Morgan fingerprint density at radius 2 is 2.31 bits per heavy atom. The van der Waals surface area contributed by atoms with Crippen molar-refractivity contribution in [2.75, 3.05) is 13.2 Å². The second kappa shape index (κ2) is 6.27. The number of carbonyl (C=O) groups is 2. The molecule has 16 heavy (non-hydrogen) atoms. The van der Waals surface area contributed by atoms with Gasteiger partial charge in [-0.2, -0.15) is 0 Å². The second-order valence-corrected chi connectivity index (χ2v) is 3.87. The van der Waals surface area contributed by atoms with Gasteiger partial charge in [0.05, 0.1) is 10.0 Å². The zero-order valence-electron chi connectivity index (χ0n) is 8.83. The zero-order chi connectivity index (χ0) is 12.0. The van der Waals surface area contributed by atoms with Crippen LogP contribution in [-0.4, -0.2) is 25.3 Å². The third-order valence-corrected chi connectivity index (χ3v) is 2.47. The number of nitrogens with one attached hydrogen (secondary N) is 1. The average Bonchev–Trinajstić information content (AvgIpc) is 2.27. The average molecular weight is 286 g/mol. The van der Waals surface area contributed by atoms with Crippen molar-refractivity contribution in [3.63, 3.8) is 0 Å². The van der Waals surface area contributed by atoms with E-state index in [1.54, 1.807) is 18.2 Å². The Balaban J connectivity index is 2.72. The van der Waals surface area contributed by atoms with Crippen molar-refractivity contribution in [1.82, 2.24) is 5.32 Å². The summed E-state index contributed by atoms with van der Waals surface area (Å²) in [6.45, 7) is 2.28. The number of rotatable bonds is 5. The monoisotopic (exact) mass is 285 g/mol. The molecule has 86 valence electrons. The van der Waals surface area contributed by atoms with Crippen LogP contribution < -0.4 is 10.1 Å². The molecule has 0 aliphatic rings. The fourth-order valence-corrected chi connectivity index (χ4v) is 1.65. The van der Waals surface area contributed by atoms with Crippen LogP contribution in [0.4, 0.5) is 0 Å². The van der Waals surface area contributed by atoms with E-state index in [2.05, 4.69) is 21.2 Å². The number of benzene rings is 1. The van der Waals surface area contributed by atoms with E-state index in [4.69, 9.17) is 4.74 Å². The molecule has 0 spiro atoms. The predicted octanol–water partition coefficient (Wildman–Crippen LogP) is 1.78. The summed E-state index contributed by atoms with van der Waals surface area (Å²) < 4.78 is 5.94. The van der Waals surface area contributed by atoms with Crippen LogP contribution >= 0.6 is 15.9 Å². The number of hydrogen-bond donors (Lipinski definition) is 1. The molecular weight excluding hydrogens is 274 g/mol. The molecule has 0 atom stereocenters. The summed E-state index contributed by atoms with van der Waals surface area (Å²) in [6, 6.07) is 5.11. The molecule has 1 rings (SSSR count). The molecule has 0 bridgehead atoms. The molecule has 0 fully saturated rings. The summed E-state index contributed by atoms with van der Waals surface area (Å²) >= 11 is 3.26. The highest BCUT2D eigenvalue weighted by atomic mass is 79.9. The normalized spacial score (nSPS) is 9.62. The number of amides is 1. The van der Waals surface area contributed by atoms with Crippen LogP contribution in [0.3, 0.4) is 0 Å². The molecular formula is C11H12BrNO3. The Hall–Kier alpha value is -1.36. The van der Waals surface area contributed by atoms with Crippen LogP contribution in [0.5, 0.6) is 5.75 Å². The summed E-state index contributed by atoms with van der Waals surface area (Å²) in [5, 5.41) is 2.61. The van der Waals surface area contributed by atoms with Crippen LogP contribution in [0, 0.1) is 0 Å². The van der Waals surface area contributed by atoms with Crippen molar-refractivity contribution in [1.29, 1.82) is 0 Å². The third-order valence-electron chi connectivity index (χ3n) is 1.85. The second-order valence-electron chi connectivity index (χ2n) is 3.02. The Bertz CT molecular complexity index is 393. The van der Waals surface area contributed by atoms with Crippen molar-refractivity contribution in [3.8, 4) is 5.75 Å². The quantitative estimate of drug-likeness (QED) is 0.839. The van der Waals surface area contributed by atoms with Gasteiger partial charge < -0.3 is 10.1 Å². The summed E-state index contributed by atoms with van der Waals surface area (Å²) in [7, 11) is 0. The number of ether oxygens (including phenoxy) is 1. The summed E-state index contributed by atoms with van der Waals surface area (Å²) in [4.78, 5) is 21.9. The van der Waals surface area contributed by atoms with Gasteiger partial charge in [0.25, 0.3) is 5.91 Å². The van der Waals surface area contributed by atoms with Crippen molar-refractivity contribution in [3.05, 3.63) is 28.2 Å². The van der Waals surface area contributed by atoms with E-state index >= 15 is 0 Å². The van der Waals surface area contributed by atoms with E-state index in [-0.39, 0.29) is 12.5 Å². The van der Waals surface area contributed by atoms with Crippen LogP contribution in [0.1, 0.15) is 17.3 Å². The van der Waals surface area contributed by atoms with Crippen LogP contribution in [0.2, 0.25) is 0 Å². The van der Waals surface area contributed by atoms with E-state index in [1.807, 2.05) is 6.92 Å². The molecule has 0 saturated heterocycles. The molecule has 1 amide bonds. The first-order valence-corrected chi connectivity index (χ1v) is 5.61. The maximum atomic E-state index is 11.2. The fraction of sp³-hybridized carbons (Fsp3) is 0.273. The van der Waals surface area contributed by atoms with Gasteiger partial charge in [-0.3, -0.25) is 9.59 Å². The van der Waals surface area contributed by atoms with Crippen molar-refractivity contribution < 1.29 is 14.3 Å². The van der Waals surface area contributed by atoms with E-state index in [0.29, 0.717) is 28.6 Å². The van der Waals surface area contributed by atoms with Crippen molar-refractivity contribution in [2.45, 2.75) is 6.92 Å². The number of likely N-dealkylation sites (N-methyl/N-ethyl adjacent to an activating group) is 1. The van der Waals surface area contributed by atoms with Crippen LogP contribution in [-0.2, 0) is 4.79 Å². The summed E-state index contributed by atoms with van der Waals surface area (Å²) in [6.07, 6.45) is 0.692. The van der Waals surface area contributed by atoms with Crippen LogP contribution in [0.25, 0.3) is 0 Å². The zero-order valence-corrected chi connectivity index (χ0v) is 10.4. The first kappa shape index (κ1) is 12.7. The molecule has 0 heterocycles. The molecule has 0 aliphatic heterocycles. The molecule has 0 aliphatic carbocycles. The molecule has 4 nitrogen and oxygen atoms in total. The Morgan fingerprint density at radius 1 is 1.56 bits per heavy atom. The molecule has 0 aromatic heterocycles. The number of aldehydes is 1. The summed E-state index contributed by atoms with van der Waals surface area (Å²) in [5.41, 5.74) is 0.415. The highest BCUT2D eigenvalue weighted by Crippen LogP contribution is 2.27. The van der Waals surface area contributed by atoms with Crippen LogP contribution in [0.15, 0.2) is 22.7 Å². The van der Waals surface area contributed by atoms with E-state index in [9.17, 15) is 9.59 Å². The minimum atomic E-state index is -0.213. The van der Waals surface area contributed by atoms with Gasteiger partial charge in [-0.15, -0.1) is 0 Å². The largest absolute Gasteiger partial charge is 0.482 e. The predicted molar refractivity (Wildman–Crippen MR) is 63.7 cm³/mol. The smallest absolute Gasteiger partial charge is 0.257 e. The Kier molecular flexibility index (Phi) is 4.98. The number of carbonyl (C=O) groups excluding carboxylic acids is 2. The van der Waals surface area contributed by atoms with Gasteiger partial charge in [-0.25, -0.2) is 0 Å².